The van der Waals surface area contributed by atoms with E-state index in [1.165, 1.54) is 0 Å². The summed E-state index contributed by atoms with van der Waals surface area (Å²) in [6.07, 6.45) is -4.30. The molecule has 0 radical (unpaired) electrons. The van der Waals surface area contributed by atoms with Crippen LogP contribution in [0.3, 0.4) is 0 Å². The molecule has 0 fully saturated rings. The van der Waals surface area contributed by atoms with Crippen LogP contribution in [-0.2, 0) is 6.18 Å². The number of aromatic amines is 1. The van der Waals surface area contributed by atoms with Crippen LogP contribution >= 0.6 is 0 Å². The molecule has 0 aliphatic carbocycles. The number of hydrogen-bond donors (Lipinski definition) is 1. The van der Waals surface area contributed by atoms with Crippen LogP contribution in [0.15, 0.2) is 24.3 Å². The molecule has 94 valence electrons. The van der Waals surface area contributed by atoms with Gasteiger partial charge in [0.15, 0.2) is 0 Å². The first-order valence-corrected chi connectivity index (χ1v) is 8.50. The molecule has 1 aromatic heterocycles. The van der Waals surface area contributed by atoms with Crippen LogP contribution in [0.2, 0.25) is 0 Å². The van der Waals surface area contributed by atoms with Gasteiger partial charge in [0.1, 0.15) is 0 Å². The van der Waals surface area contributed by atoms with E-state index in [0.29, 0.717) is 14.8 Å². The summed E-state index contributed by atoms with van der Waals surface area (Å²) in [7, 11) is 0. The van der Waals surface area contributed by atoms with Gasteiger partial charge in [-0.25, -0.2) is 0 Å². The Labute approximate surface area is 108 Å². The minimum absolute atomic E-state index is 0.0570. The van der Waals surface area contributed by atoms with Crippen LogP contribution in [0.4, 0.5) is 13.2 Å². The second kappa shape index (κ2) is 4.51. The quantitative estimate of drug-likeness (QED) is 0.611. The van der Waals surface area contributed by atoms with Crippen molar-refractivity contribution in [1.29, 1.82) is 0 Å². The van der Waals surface area contributed by atoms with E-state index in [0.717, 1.165) is 11.6 Å². The Morgan fingerprint density at radius 1 is 1.24 bits per heavy atom. The summed E-state index contributed by atoms with van der Waals surface area (Å²) in [5.74, 6) is 0. The number of fused-ring (bicyclic) bond motifs is 1. The number of H-pyrrole nitrogens is 1. The molecule has 0 amide bonds. The van der Waals surface area contributed by atoms with Crippen molar-refractivity contribution in [2.75, 3.05) is 4.93 Å². The Morgan fingerprint density at radius 3 is 2.53 bits per heavy atom. The third-order valence-electron chi connectivity index (χ3n) is 2.74. The number of halogens is 4. The molecule has 1 unspecified atom stereocenters. The maximum atomic E-state index is 12.5. The van der Waals surface area contributed by atoms with Crippen molar-refractivity contribution in [2.24, 2.45) is 0 Å². The normalized spacial score (nSPS) is 14.4. The summed E-state index contributed by atoms with van der Waals surface area (Å²) in [6, 6.07) is 6.67. The first-order valence-electron chi connectivity index (χ1n) is 5.09. The molecular formula is C12H12F3IN-. The van der Waals surface area contributed by atoms with E-state index < -0.39 is 11.9 Å². The summed E-state index contributed by atoms with van der Waals surface area (Å²) in [4.78, 5) is 4.61. The second-order valence-corrected chi connectivity index (χ2v) is 6.98. The number of benzene rings is 1. The third kappa shape index (κ3) is 2.59. The fourth-order valence-electron chi connectivity index (χ4n) is 1.67. The van der Waals surface area contributed by atoms with Crippen molar-refractivity contribution >= 4 is 10.9 Å². The first kappa shape index (κ1) is 12.7. The van der Waals surface area contributed by atoms with Crippen LogP contribution in [0.25, 0.3) is 10.9 Å². The molecule has 1 heterocycles. The van der Waals surface area contributed by atoms with E-state index in [9.17, 15) is 13.2 Å². The van der Waals surface area contributed by atoms with Gasteiger partial charge in [-0.05, 0) is 0 Å². The summed E-state index contributed by atoms with van der Waals surface area (Å²) in [6.45, 7) is 2.11. The van der Waals surface area contributed by atoms with E-state index in [1.807, 2.05) is 12.1 Å². The Morgan fingerprint density at radius 2 is 1.94 bits per heavy atom. The van der Waals surface area contributed by atoms with E-state index in [2.05, 4.69) is 16.8 Å². The van der Waals surface area contributed by atoms with Crippen molar-refractivity contribution in [3.05, 3.63) is 35.5 Å². The van der Waals surface area contributed by atoms with Gasteiger partial charge in [0, 0.05) is 0 Å². The zero-order valence-corrected chi connectivity index (χ0v) is 11.6. The fourth-order valence-corrected chi connectivity index (χ4v) is 2.78. The van der Waals surface area contributed by atoms with Gasteiger partial charge in [-0.3, -0.25) is 0 Å². The van der Waals surface area contributed by atoms with Crippen molar-refractivity contribution < 1.29 is 34.4 Å². The third-order valence-corrected chi connectivity index (χ3v) is 5.33. The van der Waals surface area contributed by atoms with Crippen LogP contribution in [-0.4, -0.2) is 9.91 Å². The van der Waals surface area contributed by atoms with Crippen LogP contribution in [0, 0.1) is 0 Å². The van der Waals surface area contributed by atoms with Crippen molar-refractivity contribution in [2.45, 2.75) is 17.0 Å². The zero-order valence-electron chi connectivity index (χ0n) is 9.40. The van der Waals surface area contributed by atoms with E-state index in [1.54, 1.807) is 6.07 Å². The molecular weight excluding hydrogens is 342 g/mol. The first-order chi connectivity index (χ1) is 7.91. The molecule has 5 heteroatoms. The molecule has 0 saturated carbocycles. The number of nitrogens with one attached hydrogen (secondary N) is 1. The van der Waals surface area contributed by atoms with Crippen molar-refractivity contribution in [1.82, 2.24) is 4.98 Å². The van der Waals surface area contributed by atoms with E-state index in [4.69, 9.17) is 0 Å². The van der Waals surface area contributed by atoms with Crippen LogP contribution in [0.5, 0.6) is 0 Å². The predicted octanol–water partition coefficient (Wildman–Crippen LogP) is 0.967. The van der Waals surface area contributed by atoms with Gasteiger partial charge < -0.3 is 0 Å². The van der Waals surface area contributed by atoms with Crippen molar-refractivity contribution in [3.8, 4) is 0 Å². The SMILES string of the molecule is C[I-]C(C)c1ccc2cc(C(F)(F)F)[nH]c2c1. The van der Waals surface area contributed by atoms with Gasteiger partial charge in [0.05, 0.1) is 0 Å². The van der Waals surface area contributed by atoms with Gasteiger partial charge in [-0.1, -0.05) is 0 Å². The monoisotopic (exact) mass is 354 g/mol. The van der Waals surface area contributed by atoms with Gasteiger partial charge >= 0.3 is 108 Å². The maximum absolute atomic E-state index is 12.5. The van der Waals surface area contributed by atoms with Gasteiger partial charge in [0.25, 0.3) is 0 Å². The molecule has 0 spiro atoms. The van der Waals surface area contributed by atoms with E-state index in [-0.39, 0.29) is 21.2 Å². The Balaban J connectivity index is 2.48. The zero-order chi connectivity index (χ0) is 12.6. The summed E-state index contributed by atoms with van der Waals surface area (Å²) in [5, 5.41) is 0.613. The Bertz CT molecular complexity index is 530. The summed E-state index contributed by atoms with van der Waals surface area (Å²) in [5.41, 5.74) is 1.01. The molecule has 0 aliphatic heterocycles. The van der Waals surface area contributed by atoms with Gasteiger partial charge in [-0.2, -0.15) is 0 Å². The molecule has 0 saturated heterocycles. The number of rotatable bonds is 2. The summed E-state index contributed by atoms with van der Waals surface area (Å²) >= 11 is 0.0570. The topological polar surface area (TPSA) is 15.8 Å². The van der Waals surface area contributed by atoms with Crippen LogP contribution < -0.4 is 21.2 Å². The average molecular weight is 354 g/mol. The molecule has 1 nitrogen and oxygen atoms in total. The molecule has 1 atom stereocenters. The number of alkyl halides is 5. The van der Waals surface area contributed by atoms with Gasteiger partial charge in [-0.15, -0.1) is 0 Å². The van der Waals surface area contributed by atoms with E-state index >= 15 is 0 Å². The Hall–Kier alpha value is -0.720. The number of hydrogen-bond acceptors (Lipinski definition) is 0. The molecule has 0 aliphatic rings. The molecule has 1 aromatic carbocycles. The Kier molecular flexibility index (Phi) is 3.38. The molecule has 2 aromatic rings. The summed E-state index contributed by atoms with van der Waals surface area (Å²) < 4.78 is 38.0. The van der Waals surface area contributed by atoms with Crippen molar-refractivity contribution in [3.63, 3.8) is 0 Å². The second-order valence-electron chi connectivity index (χ2n) is 3.86. The molecule has 0 bridgehead atoms. The minimum atomic E-state index is -4.30. The molecule has 2 rings (SSSR count). The number of aromatic nitrogens is 1. The molecule has 1 N–H and O–H groups in total. The fraction of sp³-hybridized carbons (Fsp3) is 0.333. The molecule has 17 heavy (non-hydrogen) atoms. The van der Waals surface area contributed by atoms with Gasteiger partial charge in [0.2, 0.25) is 0 Å². The standard InChI is InChI=1S/C12H12F3IN/c1-7(16-2)8-3-4-9-6-11(12(13,14)15)17-10(9)5-8/h3-7,17H,1-2H3/q-1. The predicted molar refractivity (Wildman–Crippen MR) is 57.6 cm³/mol. The van der Waals surface area contributed by atoms with Crippen LogP contribution in [0.1, 0.15) is 22.1 Å². The average Bonchev–Trinajstić information content (AvgIpc) is 2.70.